The van der Waals surface area contributed by atoms with Gasteiger partial charge in [0.1, 0.15) is 0 Å². The fraction of sp³-hybridized carbons (Fsp3) is 0.0625. The van der Waals surface area contributed by atoms with E-state index >= 15 is 0 Å². The molecule has 0 radical (unpaired) electrons. The summed E-state index contributed by atoms with van der Waals surface area (Å²) in [6.45, 7) is 2.13. The Bertz CT molecular complexity index is 887. The molecule has 0 spiro atoms. The highest BCUT2D eigenvalue weighted by atomic mass is 14.7. The van der Waals surface area contributed by atoms with Gasteiger partial charge in [0.05, 0.1) is 5.52 Å². The lowest BCUT2D eigenvalue weighted by atomic mass is 10.0. The Morgan fingerprint density at radius 1 is 0.944 bits per heavy atom. The van der Waals surface area contributed by atoms with E-state index in [1.807, 2.05) is 12.3 Å². The van der Waals surface area contributed by atoms with Gasteiger partial charge in [-0.1, -0.05) is 24.3 Å². The molecule has 0 bridgehead atoms. The summed E-state index contributed by atoms with van der Waals surface area (Å²) in [5, 5.41) is 3.71. The standard InChI is InChI=1S/C16H12N2/c1-10-9-14-15(16-11(10)6-4-8-17-16)12-5-2-3-7-13(12)18-14/h2-9,18H,1H3. The van der Waals surface area contributed by atoms with Crippen LogP contribution in [-0.2, 0) is 0 Å². The van der Waals surface area contributed by atoms with Crippen LogP contribution in [0.4, 0.5) is 0 Å². The van der Waals surface area contributed by atoms with Gasteiger partial charge in [-0.2, -0.15) is 0 Å². The first-order valence-corrected chi connectivity index (χ1v) is 6.09. The van der Waals surface area contributed by atoms with E-state index in [0.29, 0.717) is 0 Å². The number of fused-ring (bicyclic) bond motifs is 5. The second-order valence-corrected chi connectivity index (χ2v) is 4.69. The van der Waals surface area contributed by atoms with Gasteiger partial charge in [0.15, 0.2) is 0 Å². The van der Waals surface area contributed by atoms with Gasteiger partial charge in [0.2, 0.25) is 0 Å². The fourth-order valence-corrected chi connectivity index (χ4v) is 2.74. The molecule has 0 aliphatic rings. The van der Waals surface area contributed by atoms with Gasteiger partial charge in [0, 0.05) is 33.4 Å². The molecule has 0 atom stereocenters. The van der Waals surface area contributed by atoms with Crippen LogP contribution in [0.1, 0.15) is 5.56 Å². The molecule has 0 unspecified atom stereocenters. The molecule has 2 nitrogen and oxygen atoms in total. The van der Waals surface area contributed by atoms with Crippen molar-refractivity contribution >= 4 is 32.7 Å². The van der Waals surface area contributed by atoms with Crippen LogP contribution in [0.15, 0.2) is 48.7 Å². The van der Waals surface area contributed by atoms with E-state index in [1.54, 1.807) is 0 Å². The molecule has 1 N–H and O–H groups in total. The van der Waals surface area contributed by atoms with Crippen LogP contribution in [0.25, 0.3) is 32.7 Å². The van der Waals surface area contributed by atoms with Crippen LogP contribution in [0.3, 0.4) is 0 Å². The van der Waals surface area contributed by atoms with Gasteiger partial charge in [-0.15, -0.1) is 0 Å². The normalized spacial score (nSPS) is 11.6. The smallest absolute Gasteiger partial charge is 0.0804 e. The molecular weight excluding hydrogens is 220 g/mol. The summed E-state index contributed by atoms with van der Waals surface area (Å²) < 4.78 is 0. The van der Waals surface area contributed by atoms with Crippen molar-refractivity contribution in [1.29, 1.82) is 0 Å². The molecule has 18 heavy (non-hydrogen) atoms. The summed E-state index contributed by atoms with van der Waals surface area (Å²) in [5.41, 5.74) is 4.69. The van der Waals surface area contributed by atoms with E-state index in [4.69, 9.17) is 0 Å². The van der Waals surface area contributed by atoms with Crippen molar-refractivity contribution in [2.24, 2.45) is 0 Å². The Labute approximate surface area is 104 Å². The molecule has 0 aliphatic heterocycles. The van der Waals surface area contributed by atoms with E-state index in [1.165, 1.54) is 32.8 Å². The zero-order valence-electron chi connectivity index (χ0n) is 10.1. The molecule has 0 amide bonds. The third-order valence-corrected chi connectivity index (χ3v) is 3.57. The Balaban J connectivity index is 2.39. The summed E-state index contributed by atoms with van der Waals surface area (Å²) in [4.78, 5) is 8.04. The highest BCUT2D eigenvalue weighted by molar-refractivity contribution is 6.19. The second kappa shape index (κ2) is 3.33. The molecule has 0 saturated carbocycles. The fourth-order valence-electron chi connectivity index (χ4n) is 2.74. The van der Waals surface area contributed by atoms with Gasteiger partial charge < -0.3 is 4.98 Å². The first-order valence-electron chi connectivity index (χ1n) is 6.09. The lowest BCUT2D eigenvalue weighted by Gasteiger charge is -2.03. The van der Waals surface area contributed by atoms with Crippen molar-refractivity contribution in [2.75, 3.05) is 0 Å². The number of benzene rings is 2. The maximum absolute atomic E-state index is 4.57. The minimum atomic E-state index is 1.09. The van der Waals surface area contributed by atoms with Crippen LogP contribution in [0.2, 0.25) is 0 Å². The molecule has 2 aromatic carbocycles. The summed E-state index contributed by atoms with van der Waals surface area (Å²) in [6, 6.07) is 14.7. The minimum Gasteiger partial charge on any atom is -0.354 e. The van der Waals surface area contributed by atoms with Gasteiger partial charge in [-0.3, -0.25) is 4.98 Å². The maximum atomic E-state index is 4.57. The molecule has 2 heterocycles. The number of hydrogen-bond donors (Lipinski definition) is 1. The van der Waals surface area contributed by atoms with Crippen molar-refractivity contribution < 1.29 is 0 Å². The third kappa shape index (κ3) is 1.15. The largest absolute Gasteiger partial charge is 0.354 e. The number of aromatic nitrogens is 2. The highest BCUT2D eigenvalue weighted by Gasteiger charge is 2.10. The zero-order chi connectivity index (χ0) is 12.1. The molecule has 0 saturated heterocycles. The van der Waals surface area contributed by atoms with Crippen LogP contribution in [0.5, 0.6) is 0 Å². The minimum absolute atomic E-state index is 1.09. The lowest BCUT2D eigenvalue weighted by Crippen LogP contribution is -1.83. The predicted octanol–water partition coefficient (Wildman–Crippen LogP) is 4.18. The summed E-state index contributed by atoms with van der Waals surface area (Å²) in [7, 11) is 0. The molecule has 2 aromatic heterocycles. The summed E-state index contributed by atoms with van der Waals surface area (Å²) >= 11 is 0. The van der Waals surface area contributed by atoms with E-state index in [9.17, 15) is 0 Å². The Morgan fingerprint density at radius 2 is 1.78 bits per heavy atom. The number of pyridine rings is 1. The van der Waals surface area contributed by atoms with E-state index in [-0.39, 0.29) is 0 Å². The van der Waals surface area contributed by atoms with Gasteiger partial charge >= 0.3 is 0 Å². The maximum Gasteiger partial charge on any atom is 0.0804 e. The Hall–Kier alpha value is -2.35. The Morgan fingerprint density at radius 3 is 2.72 bits per heavy atom. The number of para-hydroxylation sites is 1. The van der Waals surface area contributed by atoms with Crippen molar-refractivity contribution in [2.45, 2.75) is 6.92 Å². The molecule has 0 fully saturated rings. The van der Waals surface area contributed by atoms with Gasteiger partial charge in [0.25, 0.3) is 0 Å². The Kier molecular flexibility index (Phi) is 1.78. The summed E-state index contributed by atoms with van der Waals surface area (Å²) in [6.07, 6.45) is 1.86. The van der Waals surface area contributed by atoms with Gasteiger partial charge in [-0.25, -0.2) is 0 Å². The third-order valence-electron chi connectivity index (χ3n) is 3.57. The van der Waals surface area contributed by atoms with Crippen molar-refractivity contribution in [3.8, 4) is 0 Å². The van der Waals surface area contributed by atoms with Crippen molar-refractivity contribution in [3.05, 3.63) is 54.2 Å². The van der Waals surface area contributed by atoms with E-state index in [2.05, 4.69) is 53.3 Å². The SMILES string of the molecule is Cc1cc2[nH]c3ccccc3c2c2ncccc12. The molecule has 0 aliphatic carbocycles. The summed E-state index contributed by atoms with van der Waals surface area (Å²) in [5.74, 6) is 0. The average molecular weight is 232 g/mol. The average Bonchev–Trinajstić information content (AvgIpc) is 2.77. The first kappa shape index (κ1) is 9.66. The molecule has 4 rings (SSSR count). The predicted molar refractivity (Wildman–Crippen MR) is 75.8 cm³/mol. The first-order chi connectivity index (χ1) is 8.84. The number of H-pyrrole nitrogens is 1. The second-order valence-electron chi connectivity index (χ2n) is 4.69. The van der Waals surface area contributed by atoms with Crippen molar-refractivity contribution in [3.63, 3.8) is 0 Å². The molecule has 86 valence electrons. The topological polar surface area (TPSA) is 28.7 Å². The number of aryl methyl sites for hydroxylation is 1. The molecule has 2 heteroatoms. The number of aromatic amines is 1. The van der Waals surface area contributed by atoms with Crippen molar-refractivity contribution in [1.82, 2.24) is 9.97 Å². The van der Waals surface area contributed by atoms with Crippen LogP contribution in [0, 0.1) is 6.92 Å². The van der Waals surface area contributed by atoms with Crippen LogP contribution >= 0.6 is 0 Å². The van der Waals surface area contributed by atoms with Crippen LogP contribution < -0.4 is 0 Å². The number of hydrogen-bond acceptors (Lipinski definition) is 1. The quantitative estimate of drug-likeness (QED) is 0.484. The monoisotopic (exact) mass is 232 g/mol. The zero-order valence-corrected chi connectivity index (χ0v) is 10.1. The highest BCUT2D eigenvalue weighted by Crippen LogP contribution is 2.32. The number of rotatable bonds is 0. The number of nitrogens with zero attached hydrogens (tertiary/aromatic N) is 1. The van der Waals surface area contributed by atoms with Crippen LogP contribution in [-0.4, -0.2) is 9.97 Å². The molecule has 4 aromatic rings. The molecular formula is C16H12N2. The lowest BCUT2D eigenvalue weighted by molar-refractivity contribution is 1.41. The van der Waals surface area contributed by atoms with E-state index in [0.717, 1.165) is 5.52 Å². The number of nitrogens with one attached hydrogen (secondary N) is 1. The van der Waals surface area contributed by atoms with E-state index < -0.39 is 0 Å². The van der Waals surface area contributed by atoms with Gasteiger partial charge in [-0.05, 0) is 30.7 Å².